The summed E-state index contributed by atoms with van der Waals surface area (Å²) in [6, 6.07) is 7.99. The summed E-state index contributed by atoms with van der Waals surface area (Å²) in [7, 11) is 0. The Kier molecular flexibility index (Phi) is 5.79. The lowest BCUT2D eigenvalue weighted by atomic mass is 10.2. The number of benzene rings is 1. The normalized spacial score (nSPS) is 10.3. The summed E-state index contributed by atoms with van der Waals surface area (Å²) in [6.07, 6.45) is 2.53. The van der Waals surface area contributed by atoms with Gasteiger partial charge in [0.2, 0.25) is 5.88 Å². The molecule has 0 bridgehead atoms. The predicted molar refractivity (Wildman–Crippen MR) is 87.0 cm³/mol. The molecular formula is C14H15Br2N3O. The van der Waals surface area contributed by atoms with E-state index in [9.17, 15) is 0 Å². The monoisotopic (exact) mass is 399 g/mol. The van der Waals surface area contributed by atoms with Crippen LogP contribution in [0.1, 0.15) is 18.9 Å². The van der Waals surface area contributed by atoms with Gasteiger partial charge in [-0.3, -0.25) is 0 Å². The molecule has 0 saturated heterocycles. The van der Waals surface area contributed by atoms with E-state index in [2.05, 4.69) is 54.1 Å². The van der Waals surface area contributed by atoms with E-state index >= 15 is 0 Å². The lowest BCUT2D eigenvalue weighted by Crippen LogP contribution is -2.05. The largest absolute Gasteiger partial charge is 0.472 e. The van der Waals surface area contributed by atoms with Crippen molar-refractivity contribution in [2.75, 3.05) is 11.9 Å². The smallest absolute Gasteiger partial charge is 0.233 e. The van der Waals surface area contributed by atoms with E-state index in [1.807, 2.05) is 24.3 Å². The van der Waals surface area contributed by atoms with Crippen LogP contribution < -0.4 is 10.1 Å². The predicted octanol–water partition coefficient (Wildman–Crippen LogP) is 4.40. The van der Waals surface area contributed by atoms with Gasteiger partial charge >= 0.3 is 0 Å². The van der Waals surface area contributed by atoms with E-state index in [4.69, 9.17) is 4.74 Å². The molecule has 1 heterocycles. The Balaban J connectivity index is 2.03. The van der Waals surface area contributed by atoms with Crippen molar-refractivity contribution in [1.82, 2.24) is 9.97 Å². The Hall–Kier alpha value is -1.14. The van der Waals surface area contributed by atoms with E-state index in [1.54, 1.807) is 0 Å². The number of hydrogen-bond donors (Lipinski definition) is 1. The van der Waals surface area contributed by atoms with Crippen molar-refractivity contribution in [2.24, 2.45) is 0 Å². The fourth-order valence-electron chi connectivity index (χ4n) is 1.55. The molecule has 0 radical (unpaired) electrons. The average Bonchev–Trinajstić information content (AvgIpc) is 2.47. The number of nitrogens with one attached hydrogen (secondary N) is 1. The van der Waals surface area contributed by atoms with Crippen LogP contribution in [0.25, 0.3) is 0 Å². The lowest BCUT2D eigenvalue weighted by molar-refractivity contribution is 0.291. The molecule has 6 heteroatoms. The van der Waals surface area contributed by atoms with Gasteiger partial charge in [-0.2, -0.15) is 0 Å². The van der Waals surface area contributed by atoms with Crippen molar-refractivity contribution in [1.29, 1.82) is 0 Å². The maximum Gasteiger partial charge on any atom is 0.233 e. The standard InChI is InChI=1S/C14H15Br2N3O/c1-2-7-17-13-12(16)14(19-9-18-13)20-8-10-3-5-11(15)6-4-10/h3-6,9H,2,7-8H2,1H3,(H,17,18,19). The molecule has 0 atom stereocenters. The Bertz CT molecular complexity index is 561. The van der Waals surface area contributed by atoms with Crippen LogP contribution in [0.2, 0.25) is 0 Å². The number of rotatable bonds is 6. The van der Waals surface area contributed by atoms with Gasteiger partial charge in [0.15, 0.2) is 0 Å². The highest BCUT2D eigenvalue weighted by Gasteiger charge is 2.09. The van der Waals surface area contributed by atoms with E-state index in [0.29, 0.717) is 12.5 Å². The average molecular weight is 401 g/mol. The zero-order valence-corrected chi connectivity index (χ0v) is 14.2. The molecule has 0 amide bonds. The first-order chi connectivity index (χ1) is 9.70. The molecule has 2 aromatic rings. The van der Waals surface area contributed by atoms with Gasteiger partial charge in [-0.25, -0.2) is 9.97 Å². The molecule has 0 aliphatic carbocycles. The molecule has 0 unspecified atom stereocenters. The first kappa shape index (κ1) is 15.3. The number of halogens is 2. The third-order valence-corrected chi connectivity index (χ3v) is 3.83. The lowest BCUT2D eigenvalue weighted by Gasteiger charge is -2.10. The minimum Gasteiger partial charge on any atom is -0.472 e. The Morgan fingerprint density at radius 1 is 1.15 bits per heavy atom. The van der Waals surface area contributed by atoms with Crippen molar-refractivity contribution < 1.29 is 4.74 Å². The van der Waals surface area contributed by atoms with Gasteiger partial charge < -0.3 is 10.1 Å². The van der Waals surface area contributed by atoms with Crippen LogP contribution in [-0.2, 0) is 6.61 Å². The highest BCUT2D eigenvalue weighted by molar-refractivity contribution is 9.11. The van der Waals surface area contributed by atoms with Crippen LogP contribution in [0.3, 0.4) is 0 Å². The van der Waals surface area contributed by atoms with Crippen LogP contribution in [0.4, 0.5) is 5.82 Å². The first-order valence-corrected chi connectivity index (χ1v) is 7.91. The minimum absolute atomic E-state index is 0.468. The van der Waals surface area contributed by atoms with E-state index < -0.39 is 0 Å². The molecule has 0 saturated carbocycles. The third kappa shape index (κ3) is 4.18. The van der Waals surface area contributed by atoms with Crippen LogP contribution >= 0.6 is 31.9 Å². The zero-order chi connectivity index (χ0) is 14.4. The van der Waals surface area contributed by atoms with Gasteiger partial charge in [-0.15, -0.1) is 0 Å². The maximum absolute atomic E-state index is 5.73. The second kappa shape index (κ2) is 7.59. The van der Waals surface area contributed by atoms with Gasteiger partial charge in [0.25, 0.3) is 0 Å². The van der Waals surface area contributed by atoms with E-state index in [0.717, 1.165) is 33.3 Å². The second-order valence-corrected chi connectivity index (χ2v) is 5.89. The molecule has 1 N–H and O–H groups in total. The number of aromatic nitrogens is 2. The summed E-state index contributed by atoms with van der Waals surface area (Å²) in [6.45, 7) is 3.44. The molecule has 20 heavy (non-hydrogen) atoms. The van der Waals surface area contributed by atoms with Crippen LogP contribution in [0.5, 0.6) is 5.88 Å². The summed E-state index contributed by atoms with van der Waals surface area (Å²) in [5.41, 5.74) is 1.08. The van der Waals surface area contributed by atoms with Gasteiger partial charge in [0, 0.05) is 11.0 Å². The molecule has 0 fully saturated rings. The topological polar surface area (TPSA) is 47.0 Å². The summed E-state index contributed by atoms with van der Waals surface area (Å²) in [5.74, 6) is 1.30. The minimum atomic E-state index is 0.468. The summed E-state index contributed by atoms with van der Waals surface area (Å²) >= 11 is 6.89. The van der Waals surface area contributed by atoms with Crippen LogP contribution in [0.15, 0.2) is 39.5 Å². The number of ether oxygens (including phenoxy) is 1. The van der Waals surface area contributed by atoms with Gasteiger partial charge in [-0.05, 0) is 40.0 Å². The highest BCUT2D eigenvalue weighted by Crippen LogP contribution is 2.28. The number of hydrogen-bond acceptors (Lipinski definition) is 4. The Morgan fingerprint density at radius 2 is 1.90 bits per heavy atom. The summed E-state index contributed by atoms with van der Waals surface area (Å²) in [5, 5.41) is 3.22. The molecule has 4 nitrogen and oxygen atoms in total. The highest BCUT2D eigenvalue weighted by atomic mass is 79.9. The Morgan fingerprint density at radius 3 is 2.60 bits per heavy atom. The van der Waals surface area contributed by atoms with Crippen molar-refractivity contribution in [3.05, 3.63) is 45.1 Å². The number of anilines is 1. The molecular weight excluding hydrogens is 386 g/mol. The van der Waals surface area contributed by atoms with E-state index in [1.165, 1.54) is 6.33 Å². The quantitative estimate of drug-likeness (QED) is 0.780. The summed E-state index contributed by atoms with van der Waals surface area (Å²) < 4.78 is 7.54. The molecule has 106 valence electrons. The zero-order valence-electron chi connectivity index (χ0n) is 11.1. The molecule has 2 rings (SSSR count). The van der Waals surface area contributed by atoms with Crippen molar-refractivity contribution in [3.8, 4) is 5.88 Å². The van der Waals surface area contributed by atoms with Crippen LogP contribution in [-0.4, -0.2) is 16.5 Å². The van der Waals surface area contributed by atoms with Gasteiger partial charge in [0.05, 0.1) is 0 Å². The molecule has 1 aromatic heterocycles. The van der Waals surface area contributed by atoms with Gasteiger partial charge in [-0.1, -0.05) is 35.0 Å². The molecule has 0 aliphatic rings. The number of nitrogens with zero attached hydrogens (tertiary/aromatic N) is 2. The maximum atomic E-state index is 5.73. The fourth-order valence-corrected chi connectivity index (χ4v) is 2.28. The Labute approximate surface area is 135 Å². The van der Waals surface area contributed by atoms with E-state index in [-0.39, 0.29) is 0 Å². The van der Waals surface area contributed by atoms with Crippen molar-refractivity contribution in [2.45, 2.75) is 20.0 Å². The second-order valence-electron chi connectivity index (χ2n) is 4.18. The van der Waals surface area contributed by atoms with Crippen molar-refractivity contribution in [3.63, 3.8) is 0 Å². The van der Waals surface area contributed by atoms with Crippen molar-refractivity contribution >= 4 is 37.7 Å². The molecule has 0 spiro atoms. The summed E-state index contributed by atoms with van der Waals surface area (Å²) in [4.78, 5) is 8.34. The fraction of sp³-hybridized carbons (Fsp3) is 0.286. The third-order valence-electron chi connectivity index (χ3n) is 2.59. The van der Waals surface area contributed by atoms with Crippen LogP contribution in [0, 0.1) is 0 Å². The van der Waals surface area contributed by atoms with Gasteiger partial charge in [0.1, 0.15) is 23.2 Å². The molecule has 1 aromatic carbocycles. The SMILES string of the molecule is CCCNc1ncnc(OCc2ccc(Br)cc2)c1Br. The molecule has 0 aliphatic heterocycles. The first-order valence-electron chi connectivity index (χ1n) is 6.32.